The van der Waals surface area contributed by atoms with Gasteiger partial charge in [-0.1, -0.05) is 22.0 Å². The van der Waals surface area contributed by atoms with Crippen LogP contribution >= 0.6 is 15.9 Å². The number of nitrogens with zero attached hydrogens (tertiary/aromatic N) is 2. The van der Waals surface area contributed by atoms with Gasteiger partial charge in [-0.3, -0.25) is 9.78 Å². The molecule has 0 saturated carbocycles. The molecule has 0 radical (unpaired) electrons. The average molecular weight is 495 g/mol. The van der Waals surface area contributed by atoms with Crippen molar-refractivity contribution in [1.29, 1.82) is 0 Å². The van der Waals surface area contributed by atoms with E-state index in [1.165, 1.54) is 11.8 Å². The van der Waals surface area contributed by atoms with Crippen molar-refractivity contribution in [3.8, 4) is 11.5 Å². The van der Waals surface area contributed by atoms with E-state index in [2.05, 4.69) is 31.5 Å². The molecule has 164 valence electrons. The van der Waals surface area contributed by atoms with Crippen molar-refractivity contribution in [1.82, 2.24) is 15.2 Å². The van der Waals surface area contributed by atoms with Crippen LogP contribution in [0.25, 0.3) is 0 Å². The van der Waals surface area contributed by atoms with Crippen LogP contribution in [0.3, 0.4) is 0 Å². The molecule has 3 amide bonds. The number of pyridine rings is 1. The topological polar surface area (TPSA) is 83.6 Å². The number of aryl methyl sites for hydroxylation is 1. The van der Waals surface area contributed by atoms with Crippen molar-refractivity contribution in [2.75, 3.05) is 18.9 Å². The Kier molecular flexibility index (Phi) is 6.41. The average Bonchev–Trinajstić information content (AvgIpc) is 2.80. The lowest BCUT2D eigenvalue weighted by Gasteiger charge is -2.29. The highest BCUT2D eigenvalue weighted by molar-refractivity contribution is 9.10. The second kappa shape index (κ2) is 9.40. The number of anilines is 1. The molecule has 2 aromatic carbocycles. The van der Waals surface area contributed by atoms with Crippen LogP contribution in [-0.2, 0) is 13.0 Å². The zero-order valence-corrected chi connectivity index (χ0v) is 19.4. The van der Waals surface area contributed by atoms with E-state index >= 15 is 0 Å². The Morgan fingerprint density at radius 3 is 2.66 bits per heavy atom. The molecular weight excluding hydrogens is 472 g/mol. The minimum atomic E-state index is -0.274. The number of nitrogens with one attached hydrogen (secondary N) is 2. The second-order valence-electron chi connectivity index (χ2n) is 7.55. The monoisotopic (exact) mass is 494 g/mol. The standard InChI is InChI=1S/C24H23BrN4O3/c1-15-11-18(25)4-6-21(15)28-24(31)29-10-8-16-3-5-19(12-17(16)14-29)32-20-7-9-27-22(13-20)23(30)26-2/h3-7,9,11-13H,8,10,14H2,1-2H3,(H,26,30)(H,28,31). The first kappa shape index (κ1) is 21.8. The van der Waals surface area contributed by atoms with E-state index in [4.69, 9.17) is 4.74 Å². The molecule has 0 atom stereocenters. The lowest BCUT2D eigenvalue weighted by Crippen LogP contribution is -2.39. The Morgan fingerprint density at radius 2 is 1.88 bits per heavy atom. The first-order chi connectivity index (χ1) is 15.4. The van der Waals surface area contributed by atoms with E-state index in [-0.39, 0.29) is 17.6 Å². The van der Waals surface area contributed by atoms with Crippen molar-refractivity contribution in [3.63, 3.8) is 0 Å². The quantitative estimate of drug-likeness (QED) is 0.540. The number of rotatable bonds is 4. The summed E-state index contributed by atoms with van der Waals surface area (Å²) in [6.45, 7) is 3.10. The smallest absolute Gasteiger partial charge is 0.322 e. The van der Waals surface area contributed by atoms with Crippen molar-refractivity contribution in [2.24, 2.45) is 0 Å². The molecule has 0 bridgehead atoms. The molecule has 0 saturated heterocycles. The zero-order chi connectivity index (χ0) is 22.7. The van der Waals surface area contributed by atoms with Gasteiger partial charge in [0.15, 0.2) is 0 Å². The number of carbonyl (C=O) groups excluding carboxylic acids is 2. The lowest BCUT2D eigenvalue weighted by atomic mass is 9.99. The Bertz CT molecular complexity index is 1180. The lowest BCUT2D eigenvalue weighted by molar-refractivity contribution is 0.0958. The predicted octanol–water partition coefficient (Wildman–Crippen LogP) is 4.89. The first-order valence-electron chi connectivity index (χ1n) is 10.2. The number of halogens is 1. The number of urea groups is 1. The number of hydrogen-bond donors (Lipinski definition) is 2. The highest BCUT2D eigenvalue weighted by Crippen LogP contribution is 2.28. The van der Waals surface area contributed by atoms with E-state index < -0.39 is 0 Å². The molecule has 32 heavy (non-hydrogen) atoms. The highest BCUT2D eigenvalue weighted by atomic mass is 79.9. The summed E-state index contributed by atoms with van der Waals surface area (Å²) in [7, 11) is 1.56. The summed E-state index contributed by atoms with van der Waals surface area (Å²) in [5, 5.41) is 5.55. The number of ether oxygens (including phenoxy) is 1. The van der Waals surface area contributed by atoms with Gasteiger partial charge in [-0.2, -0.15) is 0 Å². The van der Waals surface area contributed by atoms with Crippen molar-refractivity contribution < 1.29 is 14.3 Å². The minimum absolute atomic E-state index is 0.128. The van der Waals surface area contributed by atoms with Gasteiger partial charge >= 0.3 is 6.03 Å². The molecule has 1 aromatic heterocycles. The van der Waals surface area contributed by atoms with Gasteiger partial charge in [0, 0.05) is 42.6 Å². The van der Waals surface area contributed by atoms with Crippen LogP contribution in [0.5, 0.6) is 11.5 Å². The van der Waals surface area contributed by atoms with Crippen LogP contribution in [0, 0.1) is 6.92 Å². The van der Waals surface area contributed by atoms with Crippen LogP contribution < -0.4 is 15.4 Å². The van der Waals surface area contributed by atoms with Crippen molar-refractivity contribution in [2.45, 2.75) is 19.9 Å². The predicted molar refractivity (Wildman–Crippen MR) is 126 cm³/mol. The number of benzene rings is 2. The summed E-state index contributed by atoms with van der Waals surface area (Å²) in [4.78, 5) is 30.5. The van der Waals surface area contributed by atoms with Crippen LogP contribution in [0.4, 0.5) is 10.5 Å². The molecule has 0 spiro atoms. The molecule has 7 nitrogen and oxygen atoms in total. The molecule has 1 aliphatic heterocycles. The summed E-state index contributed by atoms with van der Waals surface area (Å²) in [6.07, 6.45) is 2.31. The maximum absolute atomic E-state index is 12.8. The fourth-order valence-electron chi connectivity index (χ4n) is 3.59. The molecule has 2 heterocycles. The summed E-state index contributed by atoms with van der Waals surface area (Å²) in [5.41, 5.74) is 4.31. The van der Waals surface area contributed by atoms with Gasteiger partial charge in [0.05, 0.1) is 0 Å². The van der Waals surface area contributed by atoms with Crippen LogP contribution in [-0.4, -0.2) is 35.4 Å². The van der Waals surface area contributed by atoms with Crippen LogP contribution in [0.1, 0.15) is 27.2 Å². The van der Waals surface area contributed by atoms with Gasteiger partial charge in [-0.15, -0.1) is 0 Å². The third kappa shape index (κ3) is 4.91. The van der Waals surface area contributed by atoms with Gasteiger partial charge in [-0.25, -0.2) is 4.79 Å². The Labute approximate surface area is 194 Å². The molecule has 8 heteroatoms. The van der Waals surface area contributed by atoms with Crippen molar-refractivity contribution in [3.05, 3.63) is 81.6 Å². The van der Waals surface area contributed by atoms with Crippen molar-refractivity contribution >= 4 is 33.6 Å². The normalized spacial score (nSPS) is 12.7. The molecule has 3 aromatic rings. The fraction of sp³-hybridized carbons (Fsp3) is 0.208. The van der Waals surface area contributed by atoms with Crippen LogP contribution in [0.2, 0.25) is 0 Å². The molecule has 0 unspecified atom stereocenters. The SMILES string of the molecule is CNC(=O)c1cc(Oc2ccc3c(c2)CN(C(=O)Nc2ccc(Br)cc2C)CC3)ccn1. The molecule has 2 N–H and O–H groups in total. The summed E-state index contributed by atoms with van der Waals surface area (Å²) >= 11 is 3.44. The third-order valence-corrected chi connectivity index (χ3v) is 5.83. The molecule has 0 aliphatic carbocycles. The van der Waals surface area contributed by atoms with E-state index in [1.54, 1.807) is 24.1 Å². The van der Waals surface area contributed by atoms with Gasteiger partial charge in [0.1, 0.15) is 17.2 Å². The number of aromatic nitrogens is 1. The molecular formula is C24H23BrN4O3. The fourth-order valence-corrected chi connectivity index (χ4v) is 4.07. The molecule has 0 fully saturated rings. The Balaban J connectivity index is 1.47. The number of amides is 3. The summed E-state index contributed by atoms with van der Waals surface area (Å²) < 4.78 is 6.93. The third-order valence-electron chi connectivity index (χ3n) is 5.33. The summed E-state index contributed by atoms with van der Waals surface area (Å²) in [6, 6.07) is 14.8. The first-order valence-corrected chi connectivity index (χ1v) is 11.0. The van der Waals surface area contributed by atoms with Gasteiger partial charge in [0.2, 0.25) is 0 Å². The van der Waals surface area contributed by atoms with Gasteiger partial charge < -0.3 is 20.3 Å². The minimum Gasteiger partial charge on any atom is -0.457 e. The summed E-state index contributed by atoms with van der Waals surface area (Å²) in [5.74, 6) is 0.891. The Hall–Kier alpha value is -3.39. The second-order valence-corrected chi connectivity index (χ2v) is 8.47. The van der Waals surface area contributed by atoms with Gasteiger partial charge in [0.25, 0.3) is 5.91 Å². The number of fused-ring (bicyclic) bond motifs is 1. The largest absolute Gasteiger partial charge is 0.457 e. The maximum Gasteiger partial charge on any atom is 0.322 e. The Morgan fingerprint density at radius 1 is 1.06 bits per heavy atom. The van der Waals surface area contributed by atoms with E-state index in [9.17, 15) is 9.59 Å². The van der Waals surface area contributed by atoms with E-state index in [0.29, 0.717) is 24.6 Å². The van der Waals surface area contributed by atoms with Gasteiger partial charge in [-0.05, 0) is 66.4 Å². The maximum atomic E-state index is 12.8. The number of hydrogen-bond acceptors (Lipinski definition) is 4. The molecule has 4 rings (SSSR count). The molecule has 1 aliphatic rings. The highest BCUT2D eigenvalue weighted by Gasteiger charge is 2.22. The zero-order valence-electron chi connectivity index (χ0n) is 17.8. The van der Waals surface area contributed by atoms with Crippen LogP contribution in [0.15, 0.2) is 59.2 Å². The number of carbonyl (C=O) groups is 2. The van der Waals surface area contributed by atoms with E-state index in [1.807, 2.05) is 43.3 Å². The van der Waals surface area contributed by atoms with E-state index in [0.717, 1.165) is 27.7 Å².